The van der Waals surface area contributed by atoms with E-state index in [1.54, 1.807) is 36.4 Å². The molecule has 22 heavy (non-hydrogen) atoms. The van der Waals surface area contributed by atoms with Gasteiger partial charge in [-0.1, -0.05) is 35.3 Å². The Morgan fingerprint density at radius 1 is 1.14 bits per heavy atom. The predicted octanol–water partition coefficient (Wildman–Crippen LogP) is 4.79. The van der Waals surface area contributed by atoms with Crippen LogP contribution in [0.15, 0.2) is 48.7 Å². The van der Waals surface area contributed by atoms with Gasteiger partial charge in [-0.25, -0.2) is 4.79 Å². The van der Waals surface area contributed by atoms with Gasteiger partial charge in [-0.15, -0.1) is 0 Å². The summed E-state index contributed by atoms with van der Waals surface area (Å²) in [6.07, 6.45) is 3.26. The largest absolute Gasteiger partial charge is 0.495 e. The molecule has 0 bridgehead atoms. The zero-order chi connectivity index (χ0) is 15.9. The lowest BCUT2D eigenvalue weighted by Gasteiger charge is -2.10. The van der Waals surface area contributed by atoms with Crippen molar-refractivity contribution in [1.29, 1.82) is 0 Å². The van der Waals surface area contributed by atoms with Gasteiger partial charge in [0.1, 0.15) is 5.75 Å². The Morgan fingerprint density at radius 3 is 2.64 bits per heavy atom. The Hall–Kier alpha value is -2.17. The normalized spacial score (nSPS) is 10.5. The van der Waals surface area contributed by atoms with Crippen molar-refractivity contribution in [2.45, 2.75) is 0 Å². The van der Waals surface area contributed by atoms with Crippen LogP contribution in [0.3, 0.4) is 0 Å². The number of benzene rings is 2. The van der Waals surface area contributed by atoms with Gasteiger partial charge in [0, 0.05) is 16.2 Å². The number of anilines is 1. The second-order valence-electron chi connectivity index (χ2n) is 4.33. The lowest BCUT2D eigenvalue weighted by molar-refractivity contribution is 0.255. The molecular formula is C16H14Cl2N2O2. The number of methoxy groups -OCH3 is 1. The van der Waals surface area contributed by atoms with Crippen LogP contribution in [-0.4, -0.2) is 13.1 Å². The molecule has 6 heteroatoms. The van der Waals surface area contributed by atoms with Crippen LogP contribution < -0.4 is 15.4 Å². The third-order valence-electron chi connectivity index (χ3n) is 2.75. The Bertz CT molecular complexity index is 702. The quantitative estimate of drug-likeness (QED) is 0.842. The number of nitrogens with one attached hydrogen (secondary N) is 2. The molecule has 0 radical (unpaired) electrons. The Kier molecular flexibility index (Phi) is 5.69. The van der Waals surface area contributed by atoms with E-state index in [0.717, 1.165) is 5.56 Å². The summed E-state index contributed by atoms with van der Waals surface area (Å²) in [6, 6.07) is 11.9. The van der Waals surface area contributed by atoms with E-state index in [0.29, 0.717) is 21.5 Å². The summed E-state index contributed by atoms with van der Waals surface area (Å²) < 4.78 is 5.15. The van der Waals surface area contributed by atoms with Crippen LogP contribution in [0.4, 0.5) is 10.5 Å². The first kappa shape index (κ1) is 16.2. The molecule has 0 aliphatic rings. The minimum atomic E-state index is -0.404. The lowest BCUT2D eigenvalue weighted by Crippen LogP contribution is -2.24. The first-order valence-electron chi connectivity index (χ1n) is 6.41. The van der Waals surface area contributed by atoms with Crippen molar-refractivity contribution in [3.05, 3.63) is 64.3 Å². The highest BCUT2D eigenvalue weighted by atomic mass is 35.5. The standard InChI is InChI=1S/C16H14Cl2N2O2/c1-22-15-6-5-13(18)10-14(15)20-16(21)19-8-7-11-3-2-4-12(17)9-11/h2-10H,1H3,(H2,19,20,21)/b8-7+. The molecule has 2 amide bonds. The summed E-state index contributed by atoms with van der Waals surface area (Å²) in [5.74, 6) is 0.526. The number of ether oxygens (including phenoxy) is 1. The Labute approximate surface area is 138 Å². The fraction of sp³-hybridized carbons (Fsp3) is 0.0625. The fourth-order valence-corrected chi connectivity index (χ4v) is 2.13. The van der Waals surface area contributed by atoms with Gasteiger partial charge in [0.15, 0.2) is 0 Å². The SMILES string of the molecule is COc1ccc(Cl)cc1NC(=O)N/C=C/c1cccc(Cl)c1. The molecule has 0 fully saturated rings. The van der Waals surface area contributed by atoms with E-state index in [1.165, 1.54) is 13.3 Å². The highest BCUT2D eigenvalue weighted by molar-refractivity contribution is 6.31. The molecule has 0 atom stereocenters. The molecule has 2 rings (SSSR count). The number of hydrogen-bond acceptors (Lipinski definition) is 2. The van der Waals surface area contributed by atoms with Gasteiger partial charge < -0.3 is 15.4 Å². The minimum absolute atomic E-state index is 0.404. The van der Waals surface area contributed by atoms with E-state index >= 15 is 0 Å². The highest BCUT2D eigenvalue weighted by Gasteiger charge is 2.06. The average Bonchev–Trinajstić information content (AvgIpc) is 2.47. The van der Waals surface area contributed by atoms with Crippen molar-refractivity contribution < 1.29 is 9.53 Å². The molecule has 0 saturated heterocycles. The van der Waals surface area contributed by atoms with Gasteiger partial charge in [-0.2, -0.15) is 0 Å². The molecule has 0 aliphatic heterocycles. The number of carbonyl (C=O) groups is 1. The molecular weight excluding hydrogens is 323 g/mol. The van der Waals surface area contributed by atoms with Crippen LogP contribution in [0.5, 0.6) is 5.75 Å². The topological polar surface area (TPSA) is 50.4 Å². The van der Waals surface area contributed by atoms with Crippen molar-refractivity contribution in [1.82, 2.24) is 5.32 Å². The van der Waals surface area contributed by atoms with Crippen LogP contribution in [0.1, 0.15) is 5.56 Å². The first-order valence-corrected chi connectivity index (χ1v) is 7.17. The zero-order valence-electron chi connectivity index (χ0n) is 11.8. The molecule has 2 aromatic rings. The predicted molar refractivity (Wildman–Crippen MR) is 90.6 cm³/mol. The van der Waals surface area contributed by atoms with E-state index in [4.69, 9.17) is 27.9 Å². The summed E-state index contributed by atoms with van der Waals surface area (Å²) in [5.41, 5.74) is 1.37. The molecule has 4 nitrogen and oxygen atoms in total. The van der Waals surface area contributed by atoms with Gasteiger partial charge in [0.2, 0.25) is 0 Å². The number of rotatable bonds is 4. The molecule has 0 unspecified atom stereocenters. The second-order valence-corrected chi connectivity index (χ2v) is 5.20. The van der Waals surface area contributed by atoms with Gasteiger partial charge in [0.05, 0.1) is 12.8 Å². The van der Waals surface area contributed by atoms with Crippen LogP contribution in [0.25, 0.3) is 6.08 Å². The van der Waals surface area contributed by atoms with Crippen LogP contribution >= 0.6 is 23.2 Å². The van der Waals surface area contributed by atoms with Gasteiger partial charge >= 0.3 is 6.03 Å². The molecule has 2 N–H and O–H groups in total. The molecule has 0 spiro atoms. The lowest BCUT2D eigenvalue weighted by atomic mass is 10.2. The number of urea groups is 1. The smallest absolute Gasteiger partial charge is 0.323 e. The van der Waals surface area contributed by atoms with E-state index in [-0.39, 0.29) is 0 Å². The Balaban J connectivity index is 1.97. The summed E-state index contributed by atoms with van der Waals surface area (Å²) in [4.78, 5) is 11.9. The van der Waals surface area contributed by atoms with Crippen molar-refractivity contribution in [3.63, 3.8) is 0 Å². The molecule has 0 aliphatic carbocycles. The van der Waals surface area contributed by atoms with E-state index < -0.39 is 6.03 Å². The van der Waals surface area contributed by atoms with Crippen molar-refractivity contribution in [2.24, 2.45) is 0 Å². The highest BCUT2D eigenvalue weighted by Crippen LogP contribution is 2.27. The Morgan fingerprint density at radius 2 is 1.91 bits per heavy atom. The molecule has 0 heterocycles. The van der Waals surface area contributed by atoms with Crippen LogP contribution in [-0.2, 0) is 0 Å². The summed E-state index contributed by atoms with van der Waals surface area (Å²) in [7, 11) is 1.52. The zero-order valence-corrected chi connectivity index (χ0v) is 13.3. The third-order valence-corrected chi connectivity index (χ3v) is 3.22. The molecule has 0 saturated carbocycles. The summed E-state index contributed by atoms with van der Waals surface area (Å²) >= 11 is 11.8. The number of carbonyl (C=O) groups excluding carboxylic acids is 1. The van der Waals surface area contributed by atoms with Gasteiger partial charge in [-0.05, 0) is 42.0 Å². The van der Waals surface area contributed by atoms with Crippen LogP contribution in [0, 0.1) is 0 Å². The maximum Gasteiger partial charge on any atom is 0.323 e. The van der Waals surface area contributed by atoms with Gasteiger partial charge in [-0.3, -0.25) is 0 Å². The number of hydrogen-bond donors (Lipinski definition) is 2. The molecule has 2 aromatic carbocycles. The van der Waals surface area contributed by atoms with Crippen molar-refractivity contribution >= 4 is 41.0 Å². The average molecular weight is 337 g/mol. The van der Waals surface area contributed by atoms with E-state index in [9.17, 15) is 4.79 Å². The van der Waals surface area contributed by atoms with E-state index in [2.05, 4.69) is 10.6 Å². The maximum absolute atomic E-state index is 11.9. The summed E-state index contributed by atoms with van der Waals surface area (Å²) in [5, 5.41) is 6.40. The second kappa shape index (κ2) is 7.73. The first-order chi connectivity index (χ1) is 10.6. The van der Waals surface area contributed by atoms with Crippen LogP contribution in [0.2, 0.25) is 10.0 Å². The summed E-state index contributed by atoms with van der Waals surface area (Å²) in [6.45, 7) is 0. The molecule has 114 valence electrons. The number of halogens is 2. The van der Waals surface area contributed by atoms with E-state index in [1.807, 2.05) is 12.1 Å². The fourth-order valence-electron chi connectivity index (χ4n) is 1.76. The number of amides is 2. The van der Waals surface area contributed by atoms with Gasteiger partial charge in [0.25, 0.3) is 0 Å². The third kappa shape index (κ3) is 4.69. The monoisotopic (exact) mass is 336 g/mol. The van der Waals surface area contributed by atoms with Crippen molar-refractivity contribution in [2.75, 3.05) is 12.4 Å². The molecule has 0 aromatic heterocycles. The maximum atomic E-state index is 11.9. The van der Waals surface area contributed by atoms with Crippen molar-refractivity contribution in [3.8, 4) is 5.75 Å². The minimum Gasteiger partial charge on any atom is -0.495 e.